The zero-order valence-corrected chi connectivity index (χ0v) is 10.3. The molecule has 0 aliphatic carbocycles. The zero-order chi connectivity index (χ0) is 13.3. The number of H-pyrrole nitrogens is 1. The normalized spacial score (nSPS) is 10.8. The first-order valence-electron chi connectivity index (χ1n) is 5.82. The predicted molar refractivity (Wildman–Crippen MR) is 67.4 cm³/mol. The van der Waals surface area contributed by atoms with Crippen LogP contribution in [0.15, 0.2) is 27.8 Å². The third-order valence-electron chi connectivity index (χ3n) is 2.88. The first-order chi connectivity index (χ1) is 8.58. The van der Waals surface area contributed by atoms with Gasteiger partial charge in [-0.1, -0.05) is 13.0 Å². The number of benzene rings is 1. The highest BCUT2D eigenvalue weighted by Crippen LogP contribution is 2.20. The van der Waals surface area contributed by atoms with Crippen molar-refractivity contribution in [1.82, 2.24) is 14.3 Å². The number of aryl methyl sites for hydroxylation is 1. The Morgan fingerprint density at radius 1 is 1.28 bits per heavy atom. The summed E-state index contributed by atoms with van der Waals surface area (Å²) in [7, 11) is 0. The number of hydrogen-bond acceptors (Lipinski definition) is 3. The summed E-state index contributed by atoms with van der Waals surface area (Å²) in [5, 5.41) is 12.2. The first kappa shape index (κ1) is 12.2. The SMILES string of the molecule is CCc1ccc(O)c(-n2[nH]c(=O)n(CC)c2=O)c1. The summed E-state index contributed by atoms with van der Waals surface area (Å²) >= 11 is 0. The van der Waals surface area contributed by atoms with E-state index in [0.717, 1.165) is 21.2 Å². The van der Waals surface area contributed by atoms with Crippen LogP contribution in [0.2, 0.25) is 0 Å². The standard InChI is InChI=1S/C12H15N3O3/c1-3-8-5-6-10(16)9(7-8)15-12(18)14(4-2)11(17)13-15/h5-7,16H,3-4H2,1-2H3,(H,13,17). The van der Waals surface area contributed by atoms with Gasteiger partial charge in [0.15, 0.2) is 0 Å². The highest BCUT2D eigenvalue weighted by molar-refractivity contribution is 5.47. The Hall–Kier alpha value is -2.24. The maximum atomic E-state index is 12.0. The van der Waals surface area contributed by atoms with Gasteiger partial charge in [-0.25, -0.2) is 19.3 Å². The minimum absolute atomic E-state index is 0.0428. The Kier molecular flexibility index (Phi) is 3.10. The minimum atomic E-state index is -0.483. The average molecular weight is 249 g/mol. The molecule has 1 heterocycles. The lowest BCUT2D eigenvalue weighted by atomic mass is 10.1. The first-order valence-corrected chi connectivity index (χ1v) is 5.82. The fourth-order valence-corrected chi connectivity index (χ4v) is 1.82. The summed E-state index contributed by atoms with van der Waals surface area (Å²) < 4.78 is 2.14. The molecule has 6 nitrogen and oxygen atoms in total. The van der Waals surface area contributed by atoms with Crippen molar-refractivity contribution in [2.45, 2.75) is 26.8 Å². The molecule has 18 heavy (non-hydrogen) atoms. The monoisotopic (exact) mass is 249 g/mol. The molecule has 2 rings (SSSR count). The maximum absolute atomic E-state index is 12.0. The molecule has 96 valence electrons. The number of aromatic amines is 1. The second kappa shape index (κ2) is 4.56. The van der Waals surface area contributed by atoms with Crippen molar-refractivity contribution in [1.29, 1.82) is 0 Å². The molecule has 0 bridgehead atoms. The Balaban J connectivity index is 2.69. The largest absolute Gasteiger partial charge is 0.506 e. The van der Waals surface area contributed by atoms with Gasteiger partial charge in [-0.15, -0.1) is 0 Å². The van der Waals surface area contributed by atoms with Crippen LogP contribution >= 0.6 is 0 Å². The second-order valence-electron chi connectivity index (χ2n) is 3.96. The number of rotatable bonds is 3. The molecular formula is C12H15N3O3. The third kappa shape index (κ3) is 1.85. The van der Waals surface area contributed by atoms with Gasteiger partial charge >= 0.3 is 11.4 Å². The number of nitrogens with one attached hydrogen (secondary N) is 1. The average Bonchev–Trinajstić information content (AvgIpc) is 2.65. The molecule has 6 heteroatoms. The summed E-state index contributed by atoms with van der Waals surface area (Å²) in [6, 6.07) is 4.98. The molecular weight excluding hydrogens is 234 g/mol. The van der Waals surface area contributed by atoms with Gasteiger partial charge in [0, 0.05) is 6.54 Å². The van der Waals surface area contributed by atoms with E-state index in [4.69, 9.17) is 0 Å². The minimum Gasteiger partial charge on any atom is -0.506 e. The van der Waals surface area contributed by atoms with Crippen molar-refractivity contribution in [2.75, 3.05) is 0 Å². The maximum Gasteiger partial charge on any atom is 0.351 e. The van der Waals surface area contributed by atoms with Gasteiger partial charge in [-0.3, -0.25) is 0 Å². The van der Waals surface area contributed by atoms with Crippen molar-refractivity contribution in [3.63, 3.8) is 0 Å². The topological polar surface area (TPSA) is 80.0 Å². The van der Waals surface area contributed by atoms with Crippen LogP contribution in [0.3, 0.4) is 0 Å². The number of phenolic OH excluding ortho intramolecular Hbond substituents is 1. The number of aromatic nitrogens is 3. The van der Waals surface area contributed by atoms with Crippen molar-refractivity contribution in [3.8, 4) is 11.4 Å². The van der Waals surface area contributed by atoms with Crippen LogP contribution in [0.1, 0.15) is 19.4 Å². The van der Waals surface area contributed by atoms with Gasteiger partial charge in [0.05, 0.1) is 0 Å². The zero-order valence-electron chi connectivity index (χ0n) is 10.3. The molecule has 1 aromatic carbocycles. The fraction of sp³-hybridized carbons (Fsp3) is 0.333. The van der Waals surface area contributed by atoms with E-state index in [0.29, 0.717) is 5.69 Å². The van der Waals surface area contributed by atoms with E-state index < -0.39 is 11.4 Å². The molecule has 0 saturated heterocycles. The summed E-state index contributed by atoms with van der Waals surface area (Å²) in [6.45, 7) is 3.97. The van der Waals surface area contributed by atoms with Crippen LogP contribution in [-0.4, -0.2) is 19.5 Å². The van der Waals surface area contributed by atoms with E-state index in [1.165, 1.54) is 6.07 Å². The number of aromatic hydroxyl groups is 1. The van der Waals surface area contributed by atoms with Crippen molar-refractivity contribution < 1.29 is 5.11 Å². The Bertz CT molecular complexity index is 679. The van der Waals surface area contributed by atoms with Crippen LogP contribution in [0.25, 0.3) is 5.69 Å². The van der Waals surface area contributed by atoms with Gasteiger partial charge in [-0.2, -0.15) is 4.68 Å². The van der Waals surface area contributed by atoms with Gasteiger partial charge in [0.1, 0.15) is 11.4 Å². The molecule has 0 atom stereocenters. The molecule has 0 saturated carbocycles. The second-order valence-corrected chi connectivity index (χ2v) is 3.96. The molecule has 0 fully saturated rings. The van der Waals surface area contributed by atoms with E-state index in [2.05, 4.69) is 5.10 Å². The van der Waals surface area contributed by atoms with Crippen LogP contribution in [0.5, 0.6) is 5.75 Å². The number of phenols is 1. The Morgan fingerprint density at radius 2 is 2.00 bits per heavy atom. The smallest absolute Gasteiger partial charge is 0.351 e. The highest BCUT2D eigenvalue weighted by atomic mass is 16.3. The quantitative estimate of drug-likeness (QED) is 0.836. The van der Waals surface area contributed by atoms with E-state index in [-0.39, 0.29) is 12.3 Å². The van der Waals surface area contributed by atoms with E-state index in [9.17, 15) is 14.7 Å². The molecule has 2 aromatic rings. The van der Waals surface area contributed by atoms with Crippen molar-refractivity contribution in [3.05, 3.63) is 44.7 Å². The Morgan fingerprint density at radius 3 is 2.56 bits per heavy atom. The molecule has 1 aromatic heterocycles. The van der Waals surface area contributed by atoms with E-state index in [1.807, 2.05) is 6.92 Å². The molecule has 0 aliphatic heterocycles. The lowest BCUT2D eigenvalue weighted by Crippen LogP contribution is -2.27. The molecule has 0 radical (unpaired) electrons. The molecule has 0 aliphatic rings. The van der Waals surface area contributed by atoms with E-state index in [1.54, 1.807) is 19.1 Å². The Labute approximate surface area is 103 Å². The highest BCUT2D eigenvalue weighted by Gasteiger charge is 2.12. The number of nitrogens with zero attached hydrogens (tertiary/aromatic N) is 2. The van der Waals surface area contributed by atoms with Crippen LogP contribution < -0.4 is 11.4 Å². The van der Waals surface area contributed by atoms with Gasteiger partial charge in [0.25, 0.3) is 0 Å². The van der Waals surface area contributed by atoms with Gasteiger partial charge in [-0.05, 0) is 31.0 Å². The number of hydrogen-bond donors (Lipinski definition) is 2. The lowest BCUT2D eigenvalue weighted by Gasteiger charge is -2.05. The lowest BCUT2D eigenvalue weighted by molar-refractivity contribution is 0.469. The molecule has 0 unspecified atom stereocenters. The fourth-order valence-electron chi connectivity index (χ4n) is 1.82. The molecule has 2 N–H and O–H groups in total. The van der Waals surface area contributed by atoms with Gasteiger partial charge < -0.3 is 5.11 Å². The summed E-state index contributed by atoms with van der Waals surface area (Å²) in [6.07, 6.45) is 0.779. The summed E-state index contributed by atoms with van der Waals surface area (Å²) in [4.78, 5) is 23.5. The molecule has 0 amide bonds. The van der Waals surface area contributed by atoms with Crippen molar-refractivity contribution in [2.24, 2.45) is 0 Å². The molecule has 0 spiro atoms. The van der Waals surface area contributed by atoms with E-state index >= 15 is 0 Å². The summed E-state index contributed by atoms with van der Waals surface area (Å²) in [5.41, 5.74) is 0.304. The summed E-state index contributed by atoms with van der Waals surface area (Å²) in [5.74, 6) is -0.0428. The van der Waals surface area contributed by atoms with Crippen molar-refractivity contribution >= 4 is 0 Å². The van der Waals surface area contributed by atoms with Crippen LogP contribution in [0, 0.1) is 0 Å². The van der Waals surface area contributed by atoms with Crippen LogP contribution in [0.4, 0.5) is 0 Å². The van der Waals surface area contributed by atoms with Crippen LogP contribution in [-0.2, 0) is 13.0 Å². The van der Waals surface area contributed by atoms with Gasteiger partial charge in [0.2, 0.25) is 0 Å². The predicted octanol–water partition coefficient (Wildman–Crippen LogP) is 0.615. The third-order valence-corrected chi connectivity index (χ3v) is 2.88.